The van der Waals surface area contributed by atoms with Crippen LogP contribution >= 0.6 is 0 Å². The Morgan fingerprint density at radius 2 is 2.15 bits per heavy atom. The van der Waals surface area contributed by atoms with Crippen LogP contribution in [0.4, 0.5) is 0 Å². The van der Waals surface area contributed by atoms with E-state index in [1.54, 1.807) is 7.11 Å². The molecule has 1 aromatic heterocycles. The zero-order valence-corrected chi connectivity index (χ0v) is 8.59. The number of aryl methyl sites for hydroxylation is 1. The van der Waals surface area contributed by atoms with Gasteiger partial charge in [0.05, 0.1) is 7.11 Å². The predicted molar refractivity (Wildman–Crippen MR) is 54.9 cm³/mol. The lowest BCUT2D eigenvalue weighted by molar-refractivity contribution is 0.397. The number of ether oxygens (including phenoxy) is 1. The normalized spacial score (nSPS) is 9.54. The van der Waals surface area contributed by atoms with Crippen LogP contribution in [0.15, 0.2) is 17.8 Å². The summed E-state index contributed by atoms with van der Waals surface area (Å²) in [6, 6.07) is 1.95. The molecule has 2 heteroatoms. The van der Waals surface area contributed by atoms with Crippen LogP contribution in [0.25, 0.3) is 6.08 Å². The zero-order chi connectivity index (χ0) is 9.84. The molecular formula is C11H15NO. The van der Waals surface area contributed by atoms with E-state index in [2.05, 4.69) is 24.9 Å². The second-order valence-electron chi connectivity index (χ2n) is 3.30. The quantitative estimate of drug-likeness (QED) is 0.693. The zero-order valence-electron chi connectivity index (χ0n) is 8.59. The molecule has 0 aliphatic rings. The summed E-state index contributed by atoms with van der Waals surface area (Å²) in [4.78, 5) is 4.11. The van der Waals surface area contributed by atoms with Gasteiger partial charge in [0.25, 0.3) is 0 Å². The van der Waals surface area contributed by atoms with Crippen molar-refractivity contribution in [3.63, 3.8) is 0 Å². The first-order valence-electron chi connectivity index (χ1n) is 4.29. The molecule has 0 aliphatic heterocycles. The van der Waals surface area contributed by atoms with Crippen molar-refractivity contribution in [2.24, 2.45) is 0 Å². The Bertz CT molecular complexity index is 325. The van der Waals surface area contributed by atoms with Gasteiger partial charge in [0.15, 0.2) is 0 Å². The molecule has 0 N–H and O–H groups in total. The summed E-state index contributed by atoms with van der Waals surface area (Å²) >= 11 is 0. The largest absolute Gasteiger partial charge is 0.481 e. The molecule has 13 heavy (non-hydrogen) atoms. The summed E-state index contributed by atoms with van der Waals surface area (Å²) in [6.07, 6.45) is 3.95. The van der Waals surface area contributed by atoms with Gasteiger partial charge in [0.1, 0.15) is 0 Å². The van der Waals surface area contributed by atoms with E-state index in [0.717, 1.165) is 0 Å². The van der Waals surface area contributed by atoms with E-state index in [0.29, 0.717) is 5.88 Å². The van der Waals surface area contributed by atoms with Crippen molar-refractivity contribution < 1.29 is 4.74 Å². The maximum Gasteiger partial charge on any atom is 0.213 e. The monoisotopic (exact) mass is 177 g/mol. The molecular weight excluding hydrogens is 162 g/mol. The number of pyridine rings is 1. The first-order valence-corrected chi connectivity index (χ1v) is 4.29. The SMILES string of the molecule is COc1cc(C=C(C)C)c(C)cn1. The minimum atomic E-state index is 0.665. The molecule has 0 saturated heterocycles. The fraction of sp³-hybridized carbons (Fsp3) is 0.364. The molecule has 0 spiro atoms. The maximum absolute atomic E-state index is 5.05. The van der Waals surface area contributed by atoms with Crippen LogP contribution < -0.4 is 4.74 Å². The van der Waals surface area contributed by atoms with Crippen LogP contribution in [0.3, 0.4) is 0 Å². The van der Waals surface area contributed by atoms with Crippen molar-refractivity contribution >= 4 is 6.08 Å². The summed E-state index contributed by atoms with van der Waals surface area (Å²) in [7, 11) is 1.63. The lowest BCUT2D eigenvalue weighted by Gasteiger charge is -2.03. The Hall–Kier alpha value is -1.31. The fourth-order valence-corrected chi connectivity index (χ4v) is 1.10. The Kier molecular flexibility index (Phi) is 3.07. The number of methoxy groups -OCH3 is 1. The summed E-state index contributed by atoms with van der Waals surface area (Å²) in [5.41, 5.74) is 3.62. The van der Waals surface area contributed by atoms with Gasteiger partial charge in [-0.05, 0) is 31.9 Å². The molecule has 0 aromatic carbocycles. The highest BCUT2D eigenvalue weighted by atomic mass is 16.5. The Morgan fingerprint density at radius 1 is 1.46 bits per heavy atom. The van der Waals surface area contributed by atoms with Gasteiger partial charge >= 0.3 is 0 Å². The topological polar surface area (TPSA) is 22.1 Å². The molecule has 1 rings (SSSR count). The number of hydrogen-bond donors (Lipinski definition) is 0. The predicted octanol–water partition coefficient (Wildman–Crippen LogP) is 2.82. The maximum atomic E-state index is 5.05. The second-order valence-corrected chi connectivity index (χ2v) is 3.30. The Labute approximate surface area is 79.3 Å². The molecule has 1 aromatic rings. The van der Waals surface area contributed by atoms with Crippen molar-refractivity contribution in [3.05, 3.63) is 29.0 Å². The van der Waals surface area contributed by atoms with Gasteiger partial charge < -0.3 is 4.74 Å². The number of nitrogens with zero attached hydrogens (tertiary/aromatic N) is 1. The van der Waals surface area contributed by atoms with Crippen LogP contribution in [-0.4, -0.2) is 12.1 Å². The van der Waals surface area contributed by atoms with E-state index in [1.807, 2.05) is 19.2 Å². The third-order valence-electron chi connectivity index (χ3n) is 1.77. The average Bonchev–Trinajstić information content (AvgIpc) is 2.08. The van der Waals surface area contributed by atoms with Gasteiger partial charge in [-0.1, -0.05) is 11.6 Å². The van der Waals surface area contributed by atoms with Crippen LogP contribution in [0.2, 0.25) is 0 Å². The summed E-state index contributed by atoms with van der Waals surface area (Å²) in [5.74, 6) is 0.665. The standard InChI is InChI=1S/C11H15NO/c1-8(2)5-10-6-11(13-4)12-7-9(10)3/h5-7H,1-4H3. The minimum absolute atomic E-state index is 0.665. The van der Waals surface area contributed by atoms with Gasteiger partial charge in [-0.3, -0.25) is 0 Å². The fourth-order valence-electron chi connectivity index (χ4n) is 1.10. The molecule has 0 fully saturated rings. The van der Waals surface area contributed by atoms with E-state index >= 15 is 0 Å². The molecule has 70 valence electrons. The van der Waals surface area contributed by atoms with Gasteiger partial charge in [-0.25, -0.2) is 4.98 Å². The second kappa shape index (κ2) is 4.08. The van der Waals surface area contributed by atoms with Crippen molar-refractivity contribution in [2.45, 2.75) is 20.8 Å². The first-order chi connectivity index (χ1) is 6.13. The van der Waals surface area contributed by atoms with Crippen LogP contribution in [-0.2, 0) is 0 Å². The van der Waals surface area contributed by atoms with E-state index in [-0.39, 0.29) is 0 Å². The number of aromatic nitrogens is 1. The number of rotatable bonds is 2. The lowest BCUT2D eigenvalue weighted by Crippen LogP contribution is -1.90. The van der Waals surface area contributed by atoms with Crippen molar-refractivity contribution in [1.82, 2.24) is 4.98 Å². The van der Waals surface area contributed by atoms with Crippen LogP contribution in [0.1, 0.15) is 25.0 Å². The van der Waals surface area contributed by atoms with Gasteiger partial charge in [0, 0.05) is 12.3 Å². The highest BCUT2D eigenvalue weighted by molar-refractivity contribution is 5.56. The molecule has 0 amide bonds. The third-order valence-corrected chi connectivity index (χ3v) is 1.77. The molecule has 0 saturated carbocycles. The van der Waals surface area contributed by atoms with E-state index in [4.69, 9.17) is 4.74 Å². The first kappa shape index (κ1) is 9.78. The minimum Gasteiger partial charge on any atom is -0.481 e. The molecule has 0 bridgehead atoms. The molecule has 1 heterocycles. The highest BCUT2D eigenvalue weighted by Gasteiger charge is 1.98. The molecule has 0 aliphatic carbocycles. The van der Waals surface area contributed by atoms with Crippen LogP contribution in [0, 0.1) is 6.92 Å². The van der Waals surface area contributed by atoms with Crippen molar-refractivity contribution in [2.75, 3.05) is 7.11 Å². The van der Waals surface area contributed by atoms with Crippen molar-refractivity contribution in [1.29, 1.82) is 0 Å². The third kappa shape index (κ3) is 2.58. The van der Waals surface area contributed by atoms with E-state index in [9.17, 15) is 0 Å². The highest BCUT2D eigenvalue weighted by Crippen LogP contribution is 2.16. The number of allylic oxidation sites excluding steroid dienone is 1. The van der Waals surface area contributed by atoms with Crippen LogP contribution in [0.5, 0.6) is 5.88 Å². The molecule has 0 atom stereocenters. The average molecular weight is 177 g/mol. The lowest BCUT2D eigenvalue weighted by atomic mass is 10.1. The summed E-state index contributed by atoms with van der Waals surface area (Å²) in [5, 5.41) is 0. The van der Waals surface area contributed by atoms with E-state index in [1.165, 1.54) is 16.7 Å². The Balaban J connectivity index is 3.11. The van der Waals surface area contributed by atoms with Gasteiger partial charge in [-0.2, -0.15) is 0 Å². The van der Waals surface area contributed by atoms with Gasteiger partial charge in [0.2, 0.25) is 5.88 Å². The summed E-state index contributed by atoms with van der Waals surface area (Å²) < 4.78 is 5.05. The van der Waals surface area contributed by atoms with Gasteiger partial charge in [-0.15, -0.1) is 0 Å². The molecule has 0 unspecified atom stereocenters. The molecule has 2 nitrogen and oxygen atoms in total. The Morgan fingerprint density at radius 3 is 2.69 bits per heavy atom. The summed E-state index contributed by atoms with van der Waals surface area (Å²) in [6.45, 7) is 6.19. The molecule has 0 radical (unpaired) electrons. The van der Waals surface area contributed by atoms with Crippen molar-refractivity contribution in [3.8, 4) is 5.88 Å². The number of hydrogen-bond acceptors (Lipinski definition) is 2. The van der Waals surface area contributed by atoms with E-state index < -0.39 is 0 Å². The smallest absolute Gasteiger partial charge is 0.213 e.